The SMILES string of the molecule is FC1CCC(OC(F)(F)C2C(F)CC(C3CCC(Cl)CC3F)CC2F)CC1. The third-order valence-electron chi connectivity index (χ3n) is 6.52. The number of hydrogen-bond acceptors (Lipinski definition) is 1. The molecule has 3 rings (SSSR count). The first-order chi connectivity index (χ1) is 12.7. The molecule has 3 fully saturated rings. The second kappa shape index (κ2) is 8.68. The molecule has 5 atom stereocenters. The fourth-order valence-electron chi connectivity index (χ4n) is 5.03. The van der Waals surface area contributed by atoms with Crippen LogP contribution in [0, 0.1) is 17.8 Å². The van der Waals surface area contributed by atoms with Crippen LogP contribution in [-0.2, 0) is 4.74 Å². The zero-order chi connectivity index (χ0) is 19.8. The lowest BCUT2D eigenvalue weighted by molar-refractivity contribution is -0.320. The van der Waals surface area contributed by atoms with Gasteiger partial charge in [-0.3, -0.25) is 0 Å². The van der Waals surface area contributed by atoms with Gasteiger partial charge >= 0.3 is 6.11 Å². The van der Waals surface area contributed by atoms with Gasteiger partial charge in [0.1, 0.15) is 30.6 Å². The van der Waals surface area contributed by atoms with Crippen LogP contribution in [0.3, 0.4) is 0 Å². The fourth-order valence-corrected chi connectivity index (χ4v) is 5.32. The van der Waals surface area contributed by atoms with E-state index in [1.54, 1.807) is 0 Å². The molecule has 0 N–H and O–H groups in total. The van der Waals surface area contributed by atoms with Crippen LogP contribution in [0.4, 0.5) is 26.3 Å². The quantitative estimate of drug-likeness (QED) is 0.381. The largest absolute Gasteiger partial charge is 0.364 e. The van der Waals surface area contributed by atoms with E-state index in [9.17, 15) is 26.3 Å². The smallest absolute Gasteiger partial charge is 0.317 e. The van der Waals surface area contributed by atoms with E-state index in [2.05, 4.69) is 0 Å². The van der Waals surface area contributed by atoms with Crippen LogP contribution in [0.25, 0.3) is 0 Å². The van der Waals surface area contributed by atoms with E-state index >= 15 is 0 Å². The Hall–Kier alpha value is -0.170. The summed E-state index contributed by atoms with van der Waals surface area (Å²) >= 11 is 5.93. The first-order valence-electron chi connectivity index (χ1n) is 9.93. The summed E-state index contributed by atoms with van der Waals surface area (Å²) in [6.07, 6.45) is -10.3. The van der Waals surface area contributed by atoms with Crippen LogP contribution >= 0.6 is 11.6 Å². The summed E-state index contributed by atoms with van der Waals surface area (Å²) in [5.74, 6) is -3.34. The Morgan fingerprint density at radius 3 is 1.89 bits per heavy atom. The summed E-state index contributed by atoms with van der Waals surface area (Å²) in [5, 5.41) is -0.285. The van der Waals surface area contributed by atoms with E-state index < -0.39 is 54.7 Å². The molecule has 0 spiro atoms. The molecule has 0 aromatic carbocycles. The lowest BCUT2D eigenvalue weighted by Crippen LogP contribution is -2.51. The average molecular weight is 421 g/mol. The van der Waals surface area contributed by atoms with Crippen molar-refractivity contribution in [2.24, 2.45) is 17.8 Å². The third-order valence-corrected chi connectivity index (χ3v) is 6.91. The topological polar surface area (TPSA) is 9.23 Å². The molecule has 0 heterocycles. The minimum absolute atomic E-state index is 0.116. The summed E-state index contributed by atoms with van der Waals surface area (Å²) in [6.45, 7) is 0. The molecular weight excluding hydrogens is 394 g/mol. The molecule has 3 aliphatic rings. The summed E-state index contributed by atoms with van der Waals surface area (Å²) in [4.78, 5) is 0. The number of ether oxygens (including phenoxy) is 1. The summed E-state index contributed by atoms with van der Waals surface area (Å²) < 4.78 is 90.4. The first-order valence-corrected chi connectivity index (χ1v) is 10.4. The van der Waals surface area contributed by atoms with Gasteiger partial charge in [-0.2, -0.15) is 8.78 Å². The lowest BCUT2D eigenvalue weighted by Gasteiger charge is -2.43. The maximum absolute atomic E-state index is 14.6. The van der Waals surface area contributed by atoms with Gasteiger partial charge in [-0.25, -0.2) is 17.6 Å². The highest BCUT2D eigenvalue weighted by Gasteiger charge is 2.56. The molecule has 0 saturated heterocycles. The first kappa shape index (κ1) is 21.5. The van der Waals surface area contributed by atoms with Gasteiger partial charge in [-0.1, -0.05) is 0 Å². The van der Waals surface area contributed by atoms with Gasteiger partial charge in [0.2, 0.25) is 0 Å². The van der Waals surface area contributed by atoms with E-state index in [-0.39, 0.29) is 50.3 Å². The second-order valence-corrected chi connectivity index (χ2v) is 9.05. The molecule has 27 heavy (non-hydrogen) atoms. The Kier molecular flexibility index (Phi) is 6.92. The summed E-state index contributed by atoms with van der Waals surface area (Å²) in [7, 11) is 0. The number of hydrogen-bond donors (Lipinski definition) is 0. The van der Waals surface area contributed by atoms with E-state index in [0.29, 0.717) is 12.8 Å². The zero-order valence-corrected chi connectivity index (χ0v) is 15.9. The van der Waals surface area contributed by atoms with Gasteiger partial charge in [-0.05, 0) is 69.6 Å². The standard InChI is InChI=1S/C19H27ClF6O/c20-11-1-6-14(15(22)9-11)10-7-16(23)18(17(24)8-10)19(25,26)27-13-4-2-12(21)3-5-13/h10-18H,1-9H2. The predicted molar refractivity (Wildman–Crippen MR) is 91.1 cm³/mol. The van der Waals surface area contributed by atoms with Crippen LogP contribution in [0.1, 0.15) is 57.8 Å². The third kappa shape index (κ3) is 5.06. The molecule has 0 bridgehead atoms. The van der Waals surface area contributed by atoms with Crippen molar-refractivity contribution >= 4 is 11.6 Å². The summed E-state index contributed by atoms with van der Waals surface area (Å²) in [5.41, 5.74) is 0. The van der Waals surface area contributed by atoms with Gasteiger partial charge in [0.25, 0.3) is 0 Å². The van der Waals surface area contributed by atoms with Crippen LogP contribution in [0.15, 0.2) is 0 Å². The Morgan fingerprint density at radius 1 is 0.741 bits per heavy atom. The van der Waals surface area contributed by atoms with Crippen molar-refractivity contribution in [1.29, 1.82) is 0 Å². The Labute approximate surface area is 161 Å². The highest BCUT2D eigenvalue weighted by atomic mass is 35.5. The van der Waals surface area contributed by atoms with Crippen molar-refractivity contribution in [1.82, 2.24) is 0 Å². The second-order valence-electron chi connectivity index (χ2n) is 8.43. The highest BCUT2D eigenvalue weighted by Crippen LogP contribution is 2.48. The van der Waals surface area contributed by atoms with Crippen LogP contribution < -0.4 is 0 Å². The molecule has 3 aliphatic carbocycles. The van der Waals surface area contributed by atoms with Crippen molar-refractivity contribution < 1.29 is 31.1 Å². The normalized spacial score (nSPS) is 47.0. The van der Waals surface area contributed by atoms with Crippen LogP contribution in [0.5, 0.6) is 0 Å². The monoisotopic (exact) mass is 420 g/mol. The Balaban J connectivity index is 1.61. The Morgan fingerprint density at radius 2 is 1.33 bits per heavy atom. The molecule has 0 amide bonds. The van der Waals surface area contributed by atoms with Gasteiger partial charge in [0.15, 0.2) is 0 Å². The maximum atomic E-state index is 14.6. The van der Waals surface area contributed by atoms with E-state index in [0.717, 1.165) is 0 Å². The molecule has 0 aromatic heterocycles. The van der Waals surface area contributed by atoms with Gasteiger partial charge in [0, 0.05) is 5.38 Å². The minimum Gasteiger partial charge on any atom is -0.317 e. The lowest BCUT2D eigenvalue weighted by atomic mass is 9.68. The maximum Gasteiger partial charge on any atom is 0.364 e. The molecule has 8 heteroatoms. The molecule has 0 aliphatic heterocycles. The van der Waals surface area contributed by atoms with Crippen molar-refractivity contribution in [2.75, 3.05) is 0 Å². The van der Waals surface area contributed by atoms with E-state index in [1.807, 2.05) is 0 Å². The minimum atomic E-state index is -3.96. The number of halogens is 7. The van der Waals surface area contributed by atoms with Crippen LogP contribution in [-0.4, -0.2) is 42.3 Å². The van der Waals surface area contributed by atoms with Crippen LogP contribution in [0.2, 0.25) is 0 Å². The van der Waals surface area contributed by atoms with E-state index in [1.165, 1.54) is 0 Å². The molecule has 1 nitrogen and oxygen atoms in total. The van der Waals surface area contributed by atoms with Crippen molar-refractivity contribution in [2.45, 2.75) is 100 Å². The zero-order valence-electron chi connectivity index (χ0n) is 15.1. The number of alkyl halides is 7. The molecular formula is C19H27ClF6O. The van der Waals surface area contributed by atoms with Gasteiger partial charge in [0.05, 0.1) is 6.10 Å². The average Bonchev–Trinajstić information content (AvgIpc) is 2.55. The van der Waals surface area contributed by atoms with Gasteiger partial charge < -0.3 is 4.74 Å². The van der Waals surface area contributed by atoms with E-state index in [4.69, 9.17) is 16.3 Å². The molecule has 3 saturated carbocycles. The fraction of sp³-hybridized carbons (Fsp3) is 1.00. The van der Waals surface area contributed by atoms with Gasteiger partial charge in [-0.15, -0.1) is 11.6 Å². The predicted octanol–water partition coefficient (Wildman–Crippen LogP) is 6.32. The molecule has 0 radical (unpaired) electrons. The number of rotatable bonds is 4. The van der Waals surface area contributed by atoms with Crippen molar-refractivity contribution in [3.63, 3.8) is 0 Å². The molecule has 5 unspecified atom stereocenters. The van der Waals surface area contributed by atoms with Crippen molar-refractivity contribution in [3.05, 3.63) is 0 Å². The summed E-state index contributed by atoms with van der Waals surface area (Å²) in [6, 6.07) is 0. The Bertz CT molecular complexity index is 475. The highest BCUT2D eigenvalue weighted by molar-refractivity contribution is 6.20. The molecule has 158 valence electrons. The molecule has 0 aromatic rings. The van der Waals surface area contributed by atoms with Crippen molar-refractivity contribution in [3.8, 4) is 0 Å².